The largest absolute Gasteiger partial charge is 0.374 e. The number of aromatic nitrogens is 2. The quantitative estimate of drug-likeness (QED) is 0.826. The molecule has 0 aliphatic carbocycles. The van der Waals surface area contributed by atoms with Crippen LogP contribution in [0.25, 0.3) is 0 Å². The molecule has 1 atom stereocenters. The number of likely N-dealkylation sites (tertiary alicyclic amines) is 1. The highest BCUT2D eigenvalue weighted by molar-refractivity contribution is 7.15. The van der Waals surface area contributed by atoms with Gasteiger partial charge in [0.25, 0.3) is 0 Å². The minimum atomic E-state index is -0.0394. The van der Waals surface area contributed by atoms with Crippen LogP contribution in [0.4, 0.5) is 5.13 Å². The Hall–Kier alpha value is -1.99. The molecular formula is C18H25N5OS. The lowest BCUT2D eigenvalue weighted by atomic mass is 9.95. The first-order valence-electron chi connectivity index (χ1n) is 8.75. The first-order valence-corrected chi connectivity index (χ1v) is 9.57. The third-order valence-electron chi connectivity index (χ3n) is 4.73. The van der Waals surface area contributed by atoms with Crippen LogP contribution < -0.4 is 11.1 Å². The lowest BCUT2D eigenvalue weighted by Gasteiger charge is -2.37. The summed E-state index contributed by atoms with van der Waals surface area (Å²) in [6, 6.07) is 10.6. The summed E-state index contributed by atoms with van der Waals surface area (Å²) in [5.74, 6) is 0.743. The maximum Gasteiger partial charge on any atom is 0.227 e. The number of piperidine rings is 1. The Labute approximate surface area is 152 Å². The molecule has 7 heteroatoms. The number of anilines is 1. The average Bonchev–Trinajstić information content (AvgIpc) is 3.02. The average molecular weight is 359 g/mol. The zero-order valence-corrected chi connectivity index (χ0v) is 15.3. The van der Waals surface area contributed by atoms with Gasteiger partial charge in [0.15, 0.2) is 0 Å². The van der Waals surface area contributed by atoms with E-state index in [0.717, 1.165) is 19.0 Å². The molecule has 2 heterocycles. The molecule has 2 aromatic rings. The van der Waals surface area contributed by atoms with Gasteiger partial charge in [-0.15, -0.1) is 10.2 Å². The SMILES string of the molecule is CC1CCN([C@H](CNC(=O)Cc2nnc(N)s2)c2ccccc2)CC1. The van der Waals surface area contributed by atoms with E-state index in [1.54, 1.807) is 0 Å². The molecule has 6 nitrogen and oxygen atoms in total. The van der Waals surface area contributed by atoms with E-state index in [0.29, 0.717) is 16.7 Å². The number of nitrogens with one attached hydrogen (secondary N) is 1. The topological polar surface area (TPSA) is 84.1 Å². The van der Waals surface area contributed by atoms with Crippen LogP contribution in [-0.2, 0) is 11.2 Å². The van der Waals surface area contributed by atoms with Crippen molar-refractivity contribution in [2.24, 2.45) is 5.92 Å². The van der Waals surface area contributed by atoms with Crippen LogP contribution in [0.2, 0.25) is 0 Å². The maximum absolute atomic E-state index is 12.3. The Morgan fingerprint density at radius 1 is 1.32 bits per heavy atom. The minimum Gasteiger partial charge on any atom is -0.374 e. The van der Waals surface area contributed by atoms with Gasteiger partial charge in [0, 0.05) is 6.54 Å². The molecule has 0 bridgehead atoms. The Balaban J connectivity index is 1.62. The van der Waals surface area contributed by atoms with Crippen molar-refractivity contribution in [2.45, 2.75) is 32.2 Å². The normalized spacial score (nSPS) is 17.3. The lowest BCUT2D eigenvalue weighted by molar-refractivity contribution is -0.120. The first kappa shape index (κ1) is 17.8. The summed E-state index contributed by atoms with van der Waals surface area (Å²) in [7, 11) is 0. The number of amides is 1. The molecule has 1 saturated heterocycles. The molecule has 134 valence electrons. The smallest absolute Gasteiger partial charge is 0.227 e. The predicted octanol–water partition coefficient (Wildman–Crippen LogP) is 2.25. The van der Waals surface area contributed by atoms with Crippen LogP contribution in [0.1, 0.15) is 36.4 Å². The number of hydrogen-bond acceptors (Lipinski definition) is 6. The van der Waals surface area contributed by atoms with Crippen molar-refractivity contribution in [3.63, 3.8) is 0 Å². The van der Waals surface area contributed by atoms with Gasteiger partial charge in [0.1, 0.15) is 5.01 Å². The Morgan fingerprint density at radius 2 is 2.04 bits per heavy atom. The highest BCUT2D eigenvalue weighted by atomic mass is 32.1. The van der Waals surface area contributed by atoms with Gasteiger partial charge in [0.05, 0.1) is 12.5 Å². The Bertz CT molecular complexity index is 682. The first-order chi connectivity index (χ1) is 12.1. The van der Waals surface area contributed by atoms with Gasteiger partial charge in [0.2, 0.25) is 11.0 Å². The third-order valence-corrected chi connectivity index (χ3v) is 5.48. The molecule has 0 radical (unpaired) electrons. The maximum atomic E-state index is 12.3. The molecular weight excluding hydrogens is 334 g/mol. The van der Waals surface area contributed by atoms with Crippen molar-refractivity contribution in [2.75, 3.05) is 25.4 Å². The van der Waals surface area contributed by atoms with Crippen LogP contribution in [0.3, 0.4) is 0 Å². The van der Waals surface area contributed by atoms with Crippen molar-refractivity contribution >= 4 is 22.4 Å². The number of nitrogens with two attached hydrogens (primary N) is 1. The van der Waals surface area contributed by atoms with E-state index >= 15 is 0 Å². The number of nitrogen functional groups attached to an aromatic ring is 1. The second-order valence-corrected chi connectivity index (χ2v) is 7.75. The summed E-state index contributed by atoms with van der Waals surface area (Å²) in [5.41, 5.74) is 6.82. The second-order valence-electron chi connectivity index (χ2n) is 6.66. The van der Waals surface area contributed by atoms with Crippen LogP contribution in [0, 0.1) is 5.92 Å². The molecule has 1 aliphatic heterocycles. The number of carbonyl (C=O) groups is 1. The van der Waals surface area contributed by atoms with Gasteiger partial charge in [-0.2, -0.15) is 0 Å². The number of carbonyl (C=O) groups excluding carboxylic acids is 1. The zero-order chi connectivity index (χ0) is 17.6. The predicted molar refractivity (Wildman–Crippen MR) is 100 cm³/mol. The highest BCUT2D eigenvalue weighted by Gasteiger charge is 2.25. The minimum absolute atomic E-state index is 0.0394. The molecule has 1 aliphatic rings. The van der Waals surface area contributed by atoms with Gasteiger partial charge in [-0.1, -0.05) is 48.6 Å². The van der Waals surface area contributed by atoms with Gasteiger partial charge in [-0.25, -0.2) is 0 Å². The fraction of sp³-hybridized carbons (Fsp3) is 0.500. The summed E-state index contributed by atoms with van der Waals surface area (Å²) in [6.07, 6.45) is 2.65. The zero-order valence-electron chi connectivity index (χ0n) is 14.5. The van der Waals surface area contributed by atoms with E-state index in [4.69, 9.17) is 5.73 Å². The van der Waals surface area contributed by atoms with Crippen molar-refractivity contribution in [1.29, 1.82) is 0 Å². The van der Waals surface area contributed by atoms with Crippen LogP contribution in [-0.4, -0.2) is 40.6 Å². The Kier molecular flexibility index (Phi) is 5.99. The number of benzene rings is 1. The van der Waals surface area contributed by atoms with Crippen molar-refractivity contribution in [3.8, 4) is 0 Å². The van der Waals surface area contributed by atoms with Gasteiger partial charge in [-0.05, 0) is 37.4 Å². The van der Waals surface area contributed by atoms with E-state index in [2.05, 4.69) is 51.6 Å². The molecule has 3 rings (SSSR count). The van der Waals surface area contributed by atoms with E-state index < -0.39 is 0 Å². The Morgan fingerprint density at radius 3 is 2.68 bits per heavy atom. The molecule has 1 aromatic carbocycles. The van der Waals surface area contributed by atoms with E-state index in [-0.39, 0.29) is 18.4 Å². The van der Waals surface area contributed by atoms with Crippen molar-refractivity contribution < 1.29 is 4.79 Å². The molecule has 1 aromatic heterocycles. The molecule has 0 spiro atoms. The third kappa shape index (κ3) is 4.99. The fourth-order valence-electron chi connectivity index (χ4n) is 3.22. The van der Waals surface area contributed by atoms with Crippen molar-refractivity contribution in [3.05, 3.63) is 40.9 Å². The highest BCUT2D eigenvalue weighted by Crippen LogP contribution is 2.26. The number of hydrogen-bond donors (Lipinski definition) is 2. The summed E-state index contributed by atoms with van der Waals surface area (Å²) >= 11 is 1.26. The molecule has 25 heavy (non-hydrogen) atoms. The standard InChI is InChI=1S/C18H25N5OS/c1-13-7-9-23(10-8-13)15(14-5-3-2-4-6-14)12-20-16(24)11-17-21-22-18(19)25-17/h2-6,13,15H,7-12H2,1H3,(H2,19,22)(H,20,24)/t15-/m1/s1. The van der Waals surface area contributed by atoms with Crippen LogP contribution in [0.5, 0.6) is 0 Å². The van der Waals surface area contributed by atoms with Gasteiger partial charge in [-0.3, -0.25) is 9.69 Å². The monoisotopic (exact) mass is 359 g/mol. The van der Waals surface area contributed by atoms with E-state index in [1.165, 1.54) is 29.7 Å². The van der Waals surface area contributed by atoms with Gasteiger partial charge >= 0.3 is 0 Å². The molecule has 0 unspecified atom stereocenters. The molecule has 3 N–H and O–H groups in total. The summed E-state index contributed by atoms with van der Waals surface area (Å²) in [4.78, 5) is 14.7. The van der Waals surface area contributed by atoms with E-state index in [9.17, 15) is 4.79 Å². The number of nitrogens with zero attached hydrogens (tertiary/aromatic N) is 3. The van der Waals surface area contributed by atoms with Crippen LogP contribution >= 0.6 is 11.3 Å². The summed E-state index contributed by atoms with van der Waals surface area (Å²) in [5, 5.41) is 11.8. The number of rotatable bonds is 6. The molecule has 1 fully saturated rings. The van der Waals surface area contributed by atoms with Gasteiger partial charge < -0.3 is 11.1 Å². The lowest BCUT2D eigenvalue weighted by Crippen LogP contribution is -2.42. The molecule has 1 amide bonds. The summed E-state index contributed by atoms with van der Waals surface area (Å²) in [6.45, 7) is 5.06. The fourth-order valence-corrected chi connectivity index (χ4v) is 3.83. The van der Waals surface area contributed by atoms with E-state index in [1.807, 2.05) is 6.07 Å². The second kappa shape index (κ2) is 8.40. The summed E-state index contributed by atoms with van der Waals surface area (Å²) < 4.78 is 0. The van der Waals surface area contributed by atoms with Crippen molar-refractivity contribution in [1.82, 2.24) is 20.4 Å². The van der Waals surface area contributed by atoms with Crippen LogP contribution in [0.15, 0.2) is 30.3 Å². The molecule has 0 saturated carbocycles.